The molecular weight excluding hydrogens is 422 g/mol. The van der Waals surface area contributed by atoms with Gasteiger partial charge in [0.25, 0.3) is 11.1 Å². The number of thiazole rings is 1. The highest BCUT2D eigenvalue weighted by Gasteiger charge is 2.16. The second-order valence-electron chi connectivity index (χ2n) is 6.36. The number of nitrogens with one attached hydrogen (secondary N) is 1. The maximum absolute atomic E-state index is 12.8. The van der Waals surface area contributed by atoms with Crippen molar-refractivity contribution in [1.82, 2.24) is 9.88 Å². The van der Waals surface area contributed by atoms with Gasteiger partial charge in [0.15, 0.2) is 0 Å². The second-order valence-corrected chi connectivity index (χ2v) is 9.47. The molecule has 0 radical (unpaired) electrons. The van der Waals surface area contributed by atoms with Crippen molar-refractivity contribution < 1.29 is 9.59 Å². The zero-order valence-electron chi connectivity index (χ0n) is 15.7. The van der Waals surface area contributed by atoms with E-state index in [1.807, 2.05) is 54.6 Å². The number of fused-ring (bicyclic) bond motifs is 1. The summed E-state index contributed by atoms with van der Waals surface area (Å²) < 4.78 is 1.12. The first-order chi connectivity index (χ1) is 14.0. The molecule has 1 N–H and O–H groups in total. The molecular formula is C21H17N3O2S3. The summed E-state index contributed by atoms with van der Waals surface area (Å²) in [7, 11) is 3.40. The highest BCUT2D eigenvalue weighted by molar-refractivity contribution is 8.13. The molecule has 2 aromatic heterocycles. The smallest absolute Gasteiger partial charge is 0.286 e. The Hall–Kier alpha value is -2.68. The molecule has 2 amide bonds. The molecule has 4 rings (SSSR count). The van der Waals surface area contributed by atoms with E-state index in [4.69, 9.17) is 0 Å². The molecule has 0 unspecified atom stereocenters. The molecule has 0 saturated carbocycles. The van der Waals surface area contributed by atoms with Crippen molar-refractivity contribution in [1.29, 1.82) is 0 Å². The Morgan fingerprint density at radius 3 is 2.52 bits per heavy atom. The third-order valence-corrected chi connectivity index (χ3v) is 7.44. The monoisotopic (exact) mass is 439 g/mol. The Balaban J connectivity index is 1.54. The molecule has 0 aliphatic rings. The fourth-order valence-corrected chi connectivity index (χ4v) is 5.25. The predicted octanol–water partition coefficient (Wildman–Crippen LogP) is 6.05. The van der Waals surface area contributed by atoms with E-state index in [0.29, 0.717) is 15.5 Å². The van der Waals surface area contributed by atoms with Crippen LogP contribution in [0.1, 0.15) is 9.67 Å². The SMILES string of the molecule is CN(C)C(=O)Sc1ccccc1NC(=O)c1ccc(-c2nc3ccccc3s2)s1. The molecule has 4 aromatic rings. The topological polar surface area (TPSA) is 62.3 Å². The minimum absolute atomic E-state index is 0.0963. The maximum atomic E-state index is 12.8. The van der Waals surface area contributed by atoms with E-state index < -0.39 is 0 Å². The van der Waals surface area contributed by atoms with Gasteiger partial charge in [0.05, 0.1) is 25.7 Å². The van der Waals surface area contributed by atoms with Crippen LogP contribution in [0.4, 0.5) is 10.5 Å². The second kappa shape index (κ2) is 8.36. The van der Waals surface area contributed by atoms with Crippen molar-refractivity contribution in [2.75, 3.05) is 19.4 Å². The summed E-state index contributed by atoms with van der Waals surface area (Å²) in [6.07, 6.45) is 0. The van der Waals surface area contributed by atoms with E-state index in [1.165, 1.54) is 16.2 Å². The number of nitrogens with zero attached hydrogens (tertiary/aromatic N) is 2. The van der Waals surface area contributed by atoms with Crippen LogP contribution in [-0.4, -0.2) is 35.1 Å². The number of thioether (sulfide) groups is 1. The first-order valence-electron chi connectivity index (χ1n) is 8.76. The number of rotatable bonds is 4. The van der Waals surface area contributed by atoms with Gasteiger partial charge in [-0.05, 0) is 48.2 Å². The molecule has 5 nitrogen and oxygen atoms in total. The fourth-order valence-electron chi connectivity index (χ4n) is 2.58. The highest BCUT2D eigenvalue weighted by atomic mass is 32.2. The van der Waals surface area contributed by atoms with Crippen LogP contribution in [0.3, 0.4) is 0 Å². The molecule has 0 aliphatic carbocycles. The number of thiophene rings is 1. The number of carbonyl (C=O) groups excluding carboxylic acids is 2. The standard InChI is InChI=1S/C21H17N3O2S3/c1-24(2)21(26)29-16-10-6-3-7-13(16)22-19(25)17-11-12-18(27-17)20-23-14-8-4-5-9-15(14)28-20/h3-12H,1-2H3,(H,22,25). The summed E-state index contributed by atoms with van der Waals surface area (Å²) in [5, 5.41) is 3.73. The quantitative estimate of drug-likeness (QED) is 0.393. The van der Waals surface area contributed by atoms with E-state index >= 15 is 0 Å². The predicted molar refractivity (Wildman–Crippen MR) is 122 cm³/mol. The number of benzene rings is 2. The number of hydrogen-bond acceptors (Lipinski definition) is 6. The third-order valence-electron chi connectivity index (χ3n) is 4.03. The average Bonchev–Trinajstić information content (AvgIpc) is 3.36. The third kappa shape index (κ3) is 4.34. The van der Waals surface area contributed by atoms with Crippen LogP contribution in [0.15, 0.2) is 65.6 Å². The van der Waals surface area contributed by atoms with Crippen molar-refractivity contribution in [3.8, 4) is 9.88 Å². The number of anilines is 1. The Morgan fingerprint density at radius 2 is 1.72 bits per heavy atom. The molecule has 29 heavy (non-hydrogen) atoms. The lowest BCUT2D eigenvalue weighted by Crippen LogP contribution is -2.17. The molecule has 0 fully saturated rings. The molecule has 0 atom stereocenters. The van der Waals surface area contributed by atoms with Gasteiger partial charge in [-0.15, -0.1) is 22.7 Å². The van der Waals surface area contributed by atoms with Crippen molar-refractivity contribution in [2.45, 2.75) is 4.90 Å². The summed E-state index contributed by atoms with van der Waals surface area (Å²) >= 11 is 4.11. The minimum Gasteiger partial charge on any atom is -0.339 e. The van der Waals surface area contributed by atoms with Crippen molar-refractivity contribution in [3.63, 3.8) is 0 Å². The Bertz CT molecular complexity index is 1160. The number of para-hydroxylation sites is 2. The van der Waals surface area contributed by atoms with E-state index in [0.717, 1.165) is 31.9 Å². The lowest BCUT2D eigenvalue weighted by molar-refractivity contribution is 0.103. The Kier molecular flexibility index (Phi) is 5.66. The zero-order valence-corrected chi connectivity index (χ0v) is 18.2. The number of aromatic nitrogens is 1. The molecule has 2 heterocycles. The van der Waals surface area contributed by atoms with E-state index in [9.17, 15) is 9.59 Å². The van der Waals surface area contributed by atoms with Gasteiger partial charge < -0.3 is 10.2 Å². The van der Waals surface area contributed by atoms with Crippen LogP contribution < -0.4 is 5.32 Å². The average molecular weight is 440 g/mol. The summed E-state index contributed by atoms with van der Waals surface area (Å²) in [5.74, 6) is -0.201. The van der Waals surface area contributed by atoms with Crippen LogP contribution in [-0.2, 0) is 0 Å². The normalized spacial score (nSPS) is 10.8. The summed E-state index contributed by atoms with van der Waals surface area (Å²) in [5.41, 5.74) is 1.58. The summed E-state index contributed by atoms with van der Waals surface area (Å²) in [4.78, 5) is 33.2. The van der Waals surface area contributed by atoms with Crippen LogP contribution in [0.25, 0.3) is 20.1 Å². The number of carbonyl (C=O) groups is 2. The van der Waals surface area contributed by atoms with Gasteiger partial charge in [-0.3, -0.25) is 9.59 Å². The lowest BCUT2D eigenvalue weighted by Gasteiger charge is -2.12. The summed E-state index contributed by atoms with van der Waals surface area (Å²) in [6, 6.07) is 19.0. The van der Waals surface area contributed by atoms with Crippen LogP contribution in [0.2, 0.25) is 0 Å². The van der Waals surface area contributed by atoms with Crippen molar-refractivity contribution in [3.05, 3.63) is 65.5 Å². The van der Waals surface area contributed by atoms with Gasteiger partial charge in [-0.2, -0.15) is 0 Å². The van der Waals surface area contributed by atoms with Crippen LogP contribution >= 0.6 is 34.4 Å². The van der Waals surface area contributed by atoms with E-state index in [2.05, 4.69) is 10.3 Å². The van der Waals surface area contributed by atoms with Gasteiger partial charge >= 0.3 is 0 Å². The van der Waals surface area contributed by atoms with Crippen LogP contribution in [0, 0.1) is 0 Å². The van der Waals surface area contributed by atoms with Gasteiger partial charge in [0.1, 0.15) is 5.01 Å². The van der Waals surface area contributed by atoms with Crippen molar-refractivity contribution in [2.24, 2.45) is 0 Å². The Labute approximate surface area is 180 Å². The van der Waals surface area contributed by atoms with E-state index in [-0.39, 0.29) is 11.1 Å². The molecule has 8 heteroatoms. The fraction of sp³-hybridized carbons (Fsp3) is 0.0952. The molecule has 0 saturated heterocycles. The molecule has 146 valence electrons. The molecule has 0 spiro atoms. The lowest BCUT2D eigenvalue weighted by atomic mass is 10.3. The molecule has 2 aromatic carbocycles. The zero-order chi connectivity index (χ0) is 20.4. The first kappa shape index (κ1) is 19.6. The first-order valence-corrected chi connectivity index (χ1v) is 11.2. The summed E-state index contributed by atoms with van der Waals surface area (Å²) in [6.45, 7) is 0. The molecule has 0 aliphatic heterocycles. The maximum Gasteiger partial charge on any atom is 0.286 e. The number of amides is 2. The Morgan fingerprint density at radius 1 is 0.966 bits per heavy atom. The van der Waals surface area contributed by atoms with Gasteiger partial charge in [-0.1, -0.05) is 24.3 Å². The van der Waals surface area contributed by atoms with E-state index in [1.54, 1.807) is 31.5 Å². The molecule has 0 bridgehead atoms. The van der Waals surface area contributed by atoms with Crippen LogP contribution in [0.5, 0.6) is 0 Å². The van der Waals surface area contributed by atoms with Gasteiger partial charge in [-0.25, -0.2) is 4.98 Å². The van der Waals surface area contributed by atoms with Gasteiger partial charge in [0, 0.05) is 19.0 Å². The highest BCUT2D eigenvalue weighted by Crippen LogP contribution is 2.35. The van der Waals surface area contributed by atoms with Crippen molar-refractivity contribution >= 4 is 61.5 Å². The number of hydrogen-bond donors (Lipinski definition) is 1. The minimum atomic E-state index is -0.201. The largest absolute Gasteiger partial charge is 0.339 e. The van der Waals surface area contributed by atoms with Gasteiger partial charge in [0.2, 0.25) is 0 Å².